The largest absolute Gasteiger partial charge is 0.480 e. The minimum atomic E-state index is -0.921. The average molecular weight is 258 g/mol. The number of rotatable bonds is 9. The molecule has 5 nitrogen and oxygen atoms in total. The number of hydrogen-bond acceptors (Lipinski definition) is 3. The van der Waals surface area contributed by atoms with Gasteiger partial charge in [-0.25, -0.2) is 0 Å². The van der Waals surface area contributed by atoms with E-state index in [-0.39, 0.29) is 25.0 Å². The Labute approximate surface area is 110 Å². The van der Waals surface area contributed by atoms with Crippen LogP contribution < -0.4 is 5.32 Å². The molecule has 0 rings (SSSR count). The molecule has 0 aliphatic heterocycles. The van der Waals surface area contributed by atoms with Crippen molar-refractivity contribution < 1.29 is 14.7 Å². The first-order valence-corrected chi connectivity index (χ1v) is 6.51. The van der Waals surface area contributed by atoms with Crippen LogP contribution in [0.15, 0.2) is 0 Å². The Hall–Kier alpha value is -1.10. The predicted molar refractivity (Wildman–Crippen MR) is 71.4 cm³/mol. The lowest BCUT2D eigenvalue weighted by Crippen LogP contribution is -2.41. The van der Waals surface area contributed by atoms with Crippen LogP contribution in [0.25, 0.3) is 0 Å². The van der Waals surface area contributed by atoms with E-state index in [0.29, 0.717) is 5.92 Å². The molecule has 18 heavy (non-hydrogen) atoms. The summed E-state index contributed by atoms with van der Waals surface area (Å²) in [5.41, 5.74) is 0. The number of hydrogen-bond donors (Lipinski definition) is 2. The second-order valence-corrected chi connectivity index (χ2v) is 5.36. The molecule has 0 aliphatic rings. The molecule has 0 aromatic rings. The molecule has 0 aromatic heterocycles. The van der Waals surface area contributed by atoms with Gasteiger partial charge in [0.15, 0.2) is 0 Å². The molecule has 0 fully saturated rings. The highest BCUT2D eigenvalue weighted by atomic mass is 16.4. The van der Waals surface area contributed by atoms with Crippen molar-refractivity contribution in [2.75, 3.05) is 20.1 Å². The van der Waals surface area contributed by atoms with Crippen molar-refractivity contribution in [3.05, 3.63) is 0 Å². The summed E-state index contributed by atoms with van der Waals surface area (Å²) in [4.78, 5) is 23.5. The monoisotopic (exact) mass is 258 g/mol. The van der Waals surface area contributed by atoms with E-state index in [2.05, 4.69) is 19.2 Å². The second kappa shape index (κ2) is 8.91. The molecule has 0 radical (unpaired) electrons. The van der Waals surface area contributed by atoms with Gasteiger partial charge < -0.3 is 10.4 Å². The van der Waals surface area contributed by atoms with Crippen LogP contribution in [0.2, 0.25) is 0 Å². The molecule has 1 amide bonds. The van der Waals surface area contributed by atoms with Crippen LogP contribution in [-0.4, -0.2) is 48.1 Å². The fourth-order valence-corrected chi connectivity index (χ4v) is 1.76. The molecule has 2 N–H and O–H groups in total. The Bertz CT molecular complexity index is 267. The summed E-state index contributed by atoms with van der Waals surface area (Å²) in [6, 6.07) is 0.148. The smallest absolute Gasteiger partial charge is 0.317 e. The Morgan fingerprint density at radius 2 is 1.78 bits per heavy atom. The maximum atomic E-state index is 11.6. The van der Waals surface area contributed by atoms with Crippen LogP contribution in [0, 0.1) is 5.92 Å². The predicted octanol–water partition coefficient (Wildman–Crippen LogP) is 1.33. The number of carbonyl (C=O) groups is 2. The summed E-state index contributed by atoms with van der Waals surface area (Å²) in [5.74, 6) is -0.347. The Morgan fingerprint density at radius 3 is 2.28 bits per heavy atom. The zero-order valence-corrected chi connectivity index (χ0v) is 11.9. The van der Waals surface area contributed by atoms with E-state index in [4.69, 9.17) is 5.11 Å². The first-order valence-electron chi connectivity index (χ1n) is 6.51. The van der Waals surface area contributed by atoms with Gasteiger partial charge in [0.05, 0.1) is 13.1 Å². The fourth-order valence-electron chi connectivity index (χ4n) is 1.76. The third kappa shape index (κ3) is 10.1. The zero-order valence-electron chi connectivity index (χ0n) is 11.9. The lowest BCUT2D eigenvalue weighted by atomic mass is 10.0. The second-order valence-electron chi connectivity index (χ2n) is 5.36. The Kier molecular flexibility index (Phi) is 8.37. The summed E-state index contributed by atoms with van der Waals surface area (Å²) in [7, 11) is 1.62. The molecule has 0 aromatic carbocycles. The number of nitrogens with zero attached hydrogens (tertiary/aromatic N) is 1. The normalized spacial score (nSPS) is 12.8. The molecule has 0 spiro atoms. The molecular formula is C13H26N2O3. The average Bonchev–Trinajstić information content (AvgIpc) is 2.14. The molecular weight excluding hydrogens is 232 g/mol. The van der Waals surface area contributed by atoms with E-state index in [0.717, 1.165) is 12.8 Å². The summed E-state index contributed by atoms with van der Waals surface area (Å²) in [6.45, 7) is 6.36. The van der Waals surface area contributed by atoms with Gasteiger partial charge in [0, 0.05) is 6.04 Å². The molecule has 0 heterocycles. The molecule has 5 heteroatoms. The van der Waals surface area contributed by atoms with Crippen molar-refractivity contribution in [1.82, 2.24) is 10.2 Å². The summed E-state index contributed by atoms with van der Waals surface area (Å²) >= 11 is 0. The number of carboxylic acid groups (broad SMARTS) is 1. The molecule has 1 unspecified atom stereocenters. The van der Waals surface area contributed by atoms with Gasteiger partial charge in [-0.15, -0.1) is 0 Å². The first kappa shape index (κ1) is 16.9. The minimum absolute atomic E-state index is 0.115. The number of amides is 1. The van der Waals surface area contributed by atoms with Crippen LogP contribution >= 0.6 is 0 Å². The Balaban J connectivity index is 3.76. The van der Waals surface area contributed by atoms with Crippen LogP contribution in [0.1, 0.15) is 40.0 Å². The Morgan fingerprint density at radius 1 is 1.17 bits per heavy atom. The molecule has 0 bridgehead atoms. The highest BCUT2D eigenvalue weighted by Gasteiger charge is 2.11. The number of aliphatic carboxylic acids is 1. The lowest BCUT2D eigenvalue weighted by Gasteiger charge is -2.17. The summed E-state index contributed by atoms with van der Waals surface area (Å²) < 4.78 is 0. The fraction of sp³-hybridized carbons (Fsp3) is 0.846. The summed E-state index contributed by atoms with van der Waals surface area (Å²) in [6.07, 6.45) is 3.23. The van der Waals surface area contributed by atoms with E-state index >= 15 is 0 Å². The number of carbonyl (C=O) groups excluding carboxylic acids is 1. The standard InChI is InChI=1S/C13H26N2O3/c1-10(2)6-5-7-11(3)14-12(16)8-15(4)9-13(17)18/h10-11H,5-9H2,1-4H3,(H,14,16)(H,17,18). The van der Waals surface area contributed by atoms with E-state index in [1.54, 1.807) is 7.05 Å². The van der Waals surface area contributed by atoms with Crippen molar-refractivity contribution in [2.24, 2.45) is 5.92 Å². The highest BCUT2D eigenvalue weighted by molar-refractivity contribution is 5.79. The van der Waals surface area contributed by atoms with Crippen molar-refractivity contribution >= 4 is 11.9 Å². The third-order valence-corrected chi connectivity index (χ3v) is 2.64. The molecule has 1 atom stereocenters. The SMILES string of the molecule is CC(C)CCCC(C)NC(=O)CN(C)CC(=O)O. The van der Waals surface area contributed by atoms with Gasteiger partial charge >= 0.3 is 5.97 Å². The number of carboxylic acids is 1. The van der Waals surface area contributed by atoms with Crippen LogP contribution in [0.3, 0.4) is 0 Å². The van der Waals surface area contributed by atoms with E-state index in [1.165, 1.54) is 11.3 Å². The number of nitrogens with one attached hydrogen (secondary N) is 1. The summed E-state index contributed by atoms with van der Waals surface area (Å²) in [5, 5.41) is 11.5. The van der Waals surface area contributed by atoms with Crippen molar-refractivity contribution in [1.29, 1.82) is 0 Å². The van der Waals surface area contributed by atoms with Crippen LogP contribution in [0.5, 0.6) is 0 Å². The van der Waals surface area contributed by atoms with Gasteiger partial charge in [0.25, 0.3) is 0 Å². The van der Waals surface area contributed by atoms with Crippen molar-refractivity contribution in [3.8, 4) is 0 Å². The van der Waals surface area contributed by atoms with E-state index < -0.39 is 5.97 Å². The maximum Gasteiger partial charge on any atom is 0.317 e. The van der Waals surface area contributed by atoms with Crippen LogP contribution in [0.4, 0.5) is 0 Å². The molecule has 106 valence electrons. The van der Waals surface area contributed by atoms with Gasteiger partial charge in [-0.1, -0.05) is 26.7 Å². The third-order valence-electron chi connectivity index (χ3n) is 2.64. The minimum Gasteiger partial charge on any atom is -0.480 e. The molecule has 0 saturated heterocycles. The zero-order chi connectivity index (χ0) is 14.1. The van der Waals surface area contributed by atoms with Gasteiger partial charge in [0.2, 0.25) is 5.91 Å². The van der Waals surface area contributed by atoms with Crippen molar-refractivity contribution in [3.63, 3.8) is 0 Å². The van der Waals surface area contributed by atoms with Crippen molar-refractivity contribution in [2.45, 2.75) is 46.1 Å². The lowest BCUT2D eigenvalue weighted by molar-refractivity contribution is -0.138. The first-order chi connectivity index (χ1) is 8.31. The van der Waals surface area contributed by atoms with E-state index in [9.17, 15) is 9.59 Å². The van der Waals surface area contributed by atoms with Gasteiger partial charge in [-0.3, -0.25) is 14.5 Å². The van der Waals surface area contributed by atoms with E-state index in [1.807, 2.05) is 6.92 Å². The highest BCUT2D eigenvalue weighted by Crippen LogP contribution is 2.08. The van der Waals surface area contributed by atoms with Gasteiger partial charge in [-0.2, -0.15) is 0 Å². The molecule has 0 aliphatic carbocycles. The van der Waals surface area contributed by atoms with Gasteiger partial charge in [-0.05, 0) is 26.3 Å². The van der Waals surface area contributed by atoms with Gasteiger partial charge in [0.1, 0.15) is 0 Å². The van der Waals surface area contributed by atoms with Crippen LogP contribution in [-0.2, 0) is 9.59 Å². The number of likely N-dealkylation sites (N-methyl/N-ethyl adjacent to an activating group) is 1. The quantitative estimate of drug-likeness (QED) is 0.654. The maximum absolute atomic E-state index is 11.6. The molecule has 0 saturated carbocycles. The topological polar surface area (TPSA) is 69.6 Å².